The quantitative estimate of drug-likeness (QED) is 0.272. The van der Waals surface area contributed by atoms with Gasteiger partial charge in [0, 0.05) is 22.1 Å². The van der Waals surface area contributed by atoms with Gasteiger partial charge in [0.25, 0.3) is 5.56 Å². The minimum absolute atomic E-state index is 0.0102. The Hall–Kier alpha value is -3.72. The van der Waals surface area contributed by atoms with Crippen LogP contribution in [0.25, 0.3) is 22.3 Å². The Bertz CT molecular complexity index is 1450. The molecule has 2 aliphatic rings. The van der Waals surface area contributed by atoms with Gasteiger partial charge in [-0.3, -0.25) is 4.79 Å². The van der Waals surface area contributed by atoms with Crippen molar-refractivity contribution >= 4 is 23.1 Å². The van der Waals surface area contributed by atoms with Crippen LogP contribution >= 0.6 is 0 Å². The lowest BCUT2D eigenvalue weighted by atomic mass is 9.86. The normalized spacial score (nSPS) is 19.1. The highest BCUT2D eigenvalue weighted by Gasteiger charge is 2.45. The van der Waals surface area contributed by atoms with Crippen LogP contribution in [-0.4, -0.2) is 37.5 Å². The summed E-state index contributed by atoms with van der Waals surface area (Å²) in [4.78, 5) is 35.6. The maximum absolute atomic E-state index is 13.3. The molecule has 5 rings (SSSR count). The van der Waals surface area contributed by atoms with Gasteiger partial charge in [0.2, 0.25) is 0 Å². The molecule has 2 aromatic heterocycles. The lowest BCUT2D eigenvalue weighted by Gasteiger charge is -2.31. The Morgan fingerprint density at radius 3 is 2.76 bits per heavy atom. The monoisotopic (exact) mass is 463 g/mol. The molecule has 0 aliphatic carbocycles. The Morgan fingerprint density at radius 1 is 1.29 bits per heavy atom. The molecule has 0 radical (unpaired) electrons. The molecule has 1 atom stereocenters. The minimum atomic E-state index is -1.87. The van der Waals surface area contributed by atoms with Crippen LogP contribution in [0.4, 0.5) is 0 Å². The van der Waals surface area contributed by atoms with E-state index in [2.05, 4.69) is 5.16 Å². The fourth-order valence-electron chi connectivity index (χ4n) is 4.40. The zero-order chi connectivity index (χ0) is 24.4. The van der Waals surface area contributed by atoms with E-state index < -0.39 is 17.2 Å². The standard InChI is InChI=1S/C25H25N3O6/c1-5-25(32)17-9-19-20-14(11-28(19)22(30)16(17)12-33-23(25)31)8-15-18(27-20)7-6-13(21(15)29)10-26-34-24(2,3)4/h6-10,29,32H,5,11-12H2,1-4H3/b26-10+/t25-/m0/s1. The second kappa shape index (κ2) is 7.39. The number of aromatic nitrogens is 2. The van der Waals surface area contributed by atoms with Crippen LogP contribution in [0.15, 0.2) is 34.2 Å². The van der Waals surface area contributed by atoms with E-state index in [4.69, 9.17) is 14.6 Å². The first-order valence-corrected chi connectivity index (χ1v) is 11.1. The summed E-state index contributed by atoms with van der Waals surface area (Å²) in [5.41, 5.74) is 0.731. The molecule has 9 heteroatoms. The number of oxime groups is 1. The molecule has 3 aromatic rings. The minimum Gasteiger partial charge on any atom is -0.507 e. The molecule has 0 spiro atoms. The number of carbonyl (C=O) groups is 1. The molecule has 0 saturated heterocycles. The number of hydrogen-bond acceptors (Lipinski definition) is 8. The Kier molecular flexibility index (Phi) is 4.80. The van der Waals surface area contributed by atoms with Gasteiger partial charge in [-0.15, -0.1) is 0 Å². The van der Waals surface area contributed by atoms with Crippen LogP contribution in [-0.2, 0) is 33.1 Å². The number of benzene rings is 1. The summed E-state index contributed by atoms with van der Waals surface area (Å²) in [6.45, 7) is 7.36. The molecule has 0 unspecified atom stereocenters. The van der Waals surface area contributed by atoms with Crippen molar-refractivity contribution < 1.29 is 24.6 Å². The summed E-state index contributed by atoms with van der Waals surface area (Å²) in [5, 5.41) is 26.3. The number of aliphatic hydroxyl groups is 1. The zero-order valence-electron chi connectivity index (χ0n) is 19.4. The molecular formula is C25H25N3O6. The number of phenols is 1. The maximum Gasteiger partial charge on any atom is 0.343 e. The van der Waals surface area contributed by atoms with Crippen LogP contribution in [0.3, 0.4) is 0 Å². The fourth-order valence-corrected chi connectivity index (χ4v) is 4.40. The van der Waals surface area contributed by atoms with Gasteiger partial charge >= 0.3 is 5.97 Å². The molecular weight excluding hydrogens is 438 g/mol. The number of rotatable bonds is 3. The summed E-state index contributed by atoms with van der Waals surface area (Å²) < 4.78 is 6.66. The average molecular weight is 463 g/mol. The van der Waals surface area contributed by atoms with E-state index >= 15 is 0 Å². The third-order valence-corrected chi connectivity index (χ3v) is 6.21. The molecule has 2 N–H and O–H groups in total. The average Bonchev–Trinajstić information content (AvgIpc) is 3.14. The first-order chi connectivity index (χ1) is 16.0. The highest BCUT2D eigenvalue weighted by Crippen LogP contribution is 2.39. The molecule has 0 bridgehead atoms. The van der Waals surface area contributed by atoms with Crippen molar-refractivity contribution in [2.24, 2.45) is 5.16 Å². The largest absolute Gasteiger partial charge is 0.507 e. The van der Waals surface area contributed by atoms with E-state index in [9.17, 15) is 19.8 Å². The maximum atomic E-state index is 13.3. The molecule has 2 aliphatic heterocycles. The van der Waals surface area contributed by atoms with Gasteiger partial charge in [-0.05, 0) is 51.5 Å². The van der Waals surface area contributed by atoms with E-state index in [1.165, 1.54) is 6.21 Å². The molecule has 34 heavy (non-hydrogen) atoms. The SMILES string of the molecule is CC[C@@]1(O)C(=O)OCc2c1cc1n(c2=O)Cc2cc3c(O)c(/C=N/OC(C)(C)C)ccc3nc2-1. The van der Waals surface area contributed by atoms with Gasteiger partial charge in [-0.25, -0.2) is 9.78 Å². The number of fused-ring (bicyclic) bond motifs is 5. The Morgan fingerprint density at radius 2 is 2.06 bits per heavy atom. The summed E-state index contributed by atoms with van der Waals surface area (Å²) in [6.07, 6.45) is 1.53. The number of esters is 1. The topological polar surface area (TPSA) is 123 Å². The number of aromatic hydroxyl groups is 1. The Labute approximate surface area is 195 Å². The second-order valence-corrected chi connectivity index (χ2v) is 9.61. The molecule has 9 nitrogen and oxygen atoms in total. The van der Waals surface area contributed by atoms with Gasteiger partial charge in [0.15, 0.2) is 5.60 Å². The van der Waals surface area contributed by atoms with Gasteiger partial charge in [0.05, 0.1) is 35.2 Å². The van der Waals surface area contributed by atoms with Crippen molar-refractivity contribution in [2.45, 2.75) is 58.5 Å². The Balaban J connectivity index is 1.63. The van der Waals surface area contributed by atoms with E-state index in [1.54, 1.807) is 35.8 Å². The van der Waals surface area contributed by atoms with Crippen molar-refractivity contribution in [1.82, 2.24) is 9.55 Å². The molecule has 0 amide bonds. The second-order valence-electron chi connectivity index (χ2n) is 9.61. The van der Waals surface area contributed by atoms with Crippen LogP contribution in [0.5, 0.6) is 5.75 Å². The smallest absolute Gasteiger partial charge is 0.343 e. The summed E-state index contributed by atoms with van der Waals surface area (Å²) in [6, 6.07) is 6.91. The van der Waals surface area contributed by atoms with Crippen LogP contribution in [0.2, 0.25) is 0 Å². The lowest BCUT2D eigenvalue weighted by molar-refractivity contribution is -0.172. The van der Waals surface area contributed by atoms with Crippen molar-refractivity contribution in [3.63, 3.8) is 0 Å². The van der Waals surface area contributed by atoms with Crippen molar-refractivity contribution in [2.75, 3.05) is 0 Å². The number of hydrogen-bond donors (Lipinski definition) is 2. The number of cyclic esters (lactones) is 1. The molecule has 4 heterocycles. The molecule has 176 valence electrons. The third kappa shape index (κ3) is 3.27. The first-order valence-electron chi connectivity index (χ1n) is 11.1. The van der Waals surface area contributed by atoms with E-state index in [0.29, 0.717) is 27.9 Å². The van der Waals surface area contributed by atoms with Crippen molar-refractivity contribution in [3.8, 4) is 17.1 Å². The summed E-state index contributed by atoms with van der Waals surface area (Å²) >= 11 is 0. The van der Waals surface area contributed by atoms with E-state index in [1.807, 2.05) is 20.8 Å². The first kappa shape index (κ1) is 22.1. The fraction of sp³-hybridized carbons (Fsp3) is 0.360. The van der Waals surface area contributed by atoms with Gasteiger partial charge in [-0.1, -0.05) is 12.1 Å². The highest BCUT2D eigenvalue weighted by atomic mass is 16.6. The van der Waals surface area contributed by atoms with Gasteiger partial charge in [-0.2, -0.15) is 0 Å². The summed E-state index contributed by atoms with van der Waals surface area (Å²) in [5.74, 6) is -0.748. The number of phenolic OH excluding ortho intramolecular Hbond substituents is 1. The molecule has 0 fully saturated rings. The number of nitrogens with zero attached hydrogens (tertiary/aromatic N) is 3. The van der Waals surface area contributed by atoms with Gasteiger partial charge in [0.1, 0.15) is 18.0 Å². The van der Waals surface area contributed by atoms with Crippen LogP contribution in [0, 0.1) is 0 Å². The van der Waals surface area contributed by atoms with E-state index in [-0.39, 0.29) is 42.0 Å². The third-order valence-electron chi connectivity index (χ3n) is 6.21. The van der Waals surface area contributed by atoms with Crippen molar-refractivity contribution in [3.05, 3.63) is 56.9 Å². The predicted octanol–water partition coefficient (Wildman–Crippen LogP) is 2.93. The predicted molar refractivity (Wildman–Crippen MR) is 125 cm³/mol. The van der Waals surface area contributed by atoms with Gasteiger partial charge < -0.3 is 24.4 Å². The number of carbonyl (C=O) groups excluding carboxylic acids is 1. The number of pyridine rings is 2. The number of ether oxygens (including phenoxy) is 1. The van der Waals surface area contributed by atoms with Crippen LogP contribution in [0.1, 0.15) is 56.4 Å². The van der Waals surface area contributed by atoms with Crippen molar-refractivity contribution in [1.29, 1.82) is 0 Å². The highest BCUT2D eigenvalue weighted by molar-refractivity contribution is 5.97. The van der Waals surface area contributed by atoms with E-state index in [0.717, 1.165) is 5.56 Å². The summed E-state index contributed by atoms with van der Waals surface area (Å²) in [7, 11) is 0. The zero-order valence-corrected chi connectivity index (χ0v) is 19.4. The lowest BCUT2D eigenvalue weighted by Crippen LogP contribution is -2.44. The van der Waals surface area contributed by atoms with Crippen LogP contribution < -0.4 is 5.56 Å². The molecule has 0 saturated carbocycles. The molecule has 1 aromatic carbocycles.